The van der Waals surface area contributed by atoms with Gasteiger partial charge in [0.05, 0.1) is 7.11 Å². The van der Waals surface area contributed by atoms with Crippen LogP contribution in [0.5, 0.6) is 5.75 Å². The van der Waals surface area contributed by atoms with E-state index in [-0.39, 0.29) is 24.3 Å². The minimum Gasteiger partial charge on any atom is -0.497 e. The van der Waals surface area contributed by atoms with Gasteiger partial charge in [0, 0.05) is 55.8 Å². The fraction of sp³-hybridized carbons (Fsp3) is 0.348. The van der Waals surface area contributed by atoms with Crippen molar-refractivity contribution in [2.24, 2.45) is 5.41 Å². The van der Waals surface area contributed by atoms with E-state index in [4.69, 9.17) is 4.74 Å². The fourth-order valence-corrected chi connectivity index (χ4v) is 4.22. The highest BCUT2D eigenvalue weighted by atomic mass is 16.5. The Morgan fingerprint density at radius 2 is 1.68 bits per heavy atom. The summed E-state index contributed by atoms with van der Waals surface area (Å²) in [6.45, 7) is 2.02. The smallest absolute Gasteiger partial charge is 0.321 e. The van der Waals surface area contributed by atoms with Crippen molar-refractivity contribution in [3.63, 3.8) is 0 Å². The zero-order valence-corrected chi connectivity index (χ0v) is 17.5. The van der Waals surface area contributed by atoms with Gasteiger partial charge in [-0.05, 0) is 36.4 Å². The Balaban J connectivity index is 1.54. The number of rotatable bonds is 3. The second-order valence-electron chi connectivity index (χ2n) is 8.13. The Morgan fingerprint density at radius 1 is 1.00 bits per heavy atom. The van der Waals surface area contributed by atoms with E-state index in [2.05, 4.69) is 10.6 Å². The molecule has 31 heavy (non-hydrogen) atoms. The SMILES string of the molecule is COc1ccc(C(=O)N2CCN(C(=O)Nc3ccccc3)C[C@@]3(CNC(=O)C3)C2)cc1. The van der Waals surface area contributed by atoms with E-state index in [9.17, 15) is 14.4 Å². The number of carbonyl (C=O) groups is 3. The van der Waals surface area contributed by atoms with Crippen molar-refractivity contribution in [3.8, 4) is 5.75 Å². The maximum atomic E-state index is 13.2. The van der Waals surface area contributed by atoms with Gasteiger partial charge in [-0.1, -0.05) is 18.2 Å². The van der Waals surface area contributed by atoms with Crippen LogP contribution in [0.25, 0.3) is 0 Å². The van der Waals surface area contributed by atoms with Crippen LogP contribution in [0, 0.1) is 5.41 Å². The van der Waals surface area contributed by atoms with E-state index in [1.54, 1.807) is 41.2 Å². The number of benzene rings is 2. The molecule has 0 aromatic heterocycles. The summed E-state index contributed by atoms with van der Waals surface area (Å²) >= 11 is 0. The maximum Gasteiger partial charge on any atom is 0.321 e. The summed E-state index contributed by atoms with van der Waals surface area (Å²) in [5, 5.41) is 5.79. The van der Waals surface area contributed by atoms with Crippen LogP contribution < -0.4 is 15.4 Å². The number of nitrogens with zero attached hydrogens (tertiary/aromatic N) is 2. The normalized spacial score (nSPS) is 20.9. The van der Waals surface area contributed by atoms with Crippen molar-refractivity contribution in [1.29, 1.82) is 0 Å². The maximum absolute atomic E-state index is 13.2. The molecule has 4 rings (SSSR count). The molecule has 1 spiro atoms. The molecule has 0 unspecified atom stereocenters. The number of para-hydroxylation sites is 1. The topological polar surface area (TPSA) is 91.0 Å². The molecular weight excluding hydrogens is 396 g/mol. The number of nitrogens with one attached hydrogen (secondary N) is 2. The lowest BCUT2D eigenvalue weighted by Gasteiger charge is -2.32. The fourth-order valence-electron chi connectivity index (χ4n) is 4.22. The molecule has 2 aliphatic heterocycles. The highest BCUT2D eigenvalue weighted by Crippen LogP contribution is 2.32. The Labute approximate surface area is 181 Å². The van der Waals surface area contributed by atoms with E-state index in [1.807, 2.05) is 30.3 Å². The zero-order chi connectivity index (χ0) is 21.8. The number of methoxy groups -OCH3 is 1. The number of anilines is 1. The lowest BCUT2D eigenvalue weighted by molar-refractivity contribution is -0.119. The van der Waals surface area contributed by atoms with Crippen molar-refractivity contribution >= 4 is 23.5 Å². The number of urea groups is 1. The van der Waals surface area contributed by atoms with Gasteiger partial charge >= 0.3 is 6.03 Å². The lowest BCUT2D eigenvalue weighted by Crippen LogP contribution is -2.46. The zero-order valence-electron chi connectivity index (χ0n) is 17.5. The molecule has 2 aromatic carbocycles. The second kappa shape index (κ2) is 8.67. The first-order chi connectivity index (χ1) is 15.0. The van der Waals surface area contributed by atoms with Crippen molar-refractivity contribution in [2.75, 3.05) is 45.2 Å². The Hall–Kier alpha value is -3.55. The van der Waals surface area contributed by atoms with Crippen LogP contribution in [0.15, 0.2) is 54.6 Å². The standard InChI is InChI=1S/C23H26N4O4/c1-31-19-9-7-17(8-10-19)21(29)26-11-12-27(16-23(15-26)13-20(28)24-14-23)22(30)25-18-5-3-2-4-6-18/h2-10H,11-16H2,1H3,(H,24,28)(H,25,30)/t23-/m0/s1. The molecule has 8 heteroatoms. The van der Waals surface area contributed by atoms with Gasteiger partial charge in [-0.25, -0.2) is 4.79 Å². The number of ether oxygens (including phenoxy) is 1. The Morgan fingerprint density at radius 3 is 2.32 bits per heavy atom. The summed E-state index contributed by atoms with van der Waals surface area (Å²) < 4.78 is 5.17. The molecule has 162 valence electrons. The summed E-state index contributed by atoms with van der Waals surface area (Å²) in [4.78, 5) is 41.7. The lowest BCUT2D eigenvalue weighted by atomic mass is 9.86. The first-order valence-electron chi connectivity index (χ1n) is 10.3. The van der Waals surface area contributed by atoms with Crippen LogP contribution in [0.3, 0.4) is 0 Å². The molecule has 2 fully saturated rings. The highest BCUT2D eigenvalue weighted by Gasteiger charge is 2.45. The van der Waals surface area contributed by atoms with Gasteiger partial charge in [0.25, 0.3) is 5.91 Å². The van der Waals surface area contributed by atoms with Crippen LogP contribution in [0.4, 0.5) is 10.5 Å². The Bertz CT molecular complexity index is 963. The number of carbonyl (C=O) groups excluding carboxylic acids is 3. The van der Waals surface area contributed by atoms with Gasteiger partial charge in [0.1, 0.15) is 5.75 Å². The minimum absolute atomic E-state index is 0.0536. The summed E-state index contributed by atoms with van der Waals surface area (Å²) in [5.74, 6) is 0.507. The average molecular weight is 422 g/mol. The van der Waals surface area contributed by atoms with Crippen molar-refractivity contribution in [2.45, 2.75) is 6.42 Å². The van der Waals surface area contributed by atoms with Crippen LogP contribution >= 0.6 is 0 Å². The summed E-state index contributed by atoms with van der Waals surface area (Å²) in [6, 6.07) is 16.0. The molecular formula is C23H26N4O4. The number of hydrogen-bond acceptors (Lipinski definition) is 4. The van der Waals surface area contributed by atoms with E-state index < -0.39 is 5.41 Å². The van der Waals surface area contributed by atoms with Crippen molar-refractivity contribution in [3.05, 3.63) is 60.2 Å². The van der Waals surface area contributed by atoms with Gasteiger partial charge in [-0.3, -0.25) is 9.59 Å². The van der Waals surface area contributed by atoms with Crippen LogP contribution in [0.2, 0.25) is 0 Å². The van der Waals surface area contributed by atoms with Crippen LogP contribution in [-0.4, -0.2) is 67.5 Å². The average Bonchev–Trinajstić information content (AvgIpc) is 3.04. The van der Waals surface area contributed by atoms with E-state index in [0.29, 0.717) is 49.7 Å². The molecule has 4 amide bonds. The van der Waals surface area contributed by atoms with Gasteiger partial charge < -0.3 is 25.2 Å². The van der Waals surface area contributed by atoms with Gasteiger partial charge in [0.2, 0.25) is 5.91 Å². The monoisotopic (exact) mass is 422 g/mol. The first kappa shape index (κ1) is 20.7. The molecule has 2 aromatic rings. The summed E-state index contributed by atoms with van der Waals surface area (Å²) in [7, 11) is 1.58. The van der Waals surface area contributed by atoms with Crippen LogP contribution in [-0.2, 0) is 4.79 Å². The molecule has 8 nitrogen and oxygen atoms in total. The quantitative estimate of drug-likeness (QED) is 0.793. The second-order valence-corrected chi connectivity index (χ2v) is 8.13. The number of hydrogen-bond donors (Lipinski definition) is 2. The van der Waals surface area contributed by atoms with Gasteiger partial charge in [0.15, 0.2) is 0 Å². The molecule has 0 radical (unpaired) electrons. The van der Waals surface area contributed by atoms with Gasteiger partial charge in [-0.2, -0.15) is 0 Å². The molecule has 0 bridgehead atoms. The Kier molecular flexibility index (Phi) is 5.79. The van der Waals surface area contributed by atoms with Crippen molar-refractivity contribution in [1.82, 2.24) is 15.1 Å². The predicted octanol–water partition coefficient (Wildman–Crippen LogP) is 2.19. The summed E-state index contributed by atoms with van der Waals surface area (Å²) in [6.07, 6.45) is 0.286. The third kappa shape index (κ3) is 4.63. The minimum atomic E-state index is -0.510. The molecule has 2 aliphatic rings. The molecule has 1 atom stereocenters. The molecule has 2 N–H and O–H groups in total. The predicted molar refractivity (Wildman–Crippen MR) is 116 cm³/mol. The molecule has 0 saturated carbocycles. The molecule has 2 heterocycles. The third-order valence-electron chi connectivity index (χ3n) is 5.82. The van der Waals surface area contributed by atoms with E-state index >= 15 is 0 Å². The molecule has 2 saturated heterocycles. The molecule has 0 aliphatic carbocycles. The number of amides is 4. The van der Waals surface area contributed by atoms with Crippen molar-refractivity contribution < 1.29 is 19.1 Å². The van der Waals surface area contributed by atoms with Crippen LogP contribution in [0.1, 0.15) is 16.8 Å². The summed E-state index contributed by atoms with van der Waals surface area (Å²) in [5.41, 5.74) is 0.747. The highest BCUT2D eigenvalue weighted by molar-refractivity contribution is 5.95. The van der Waals surface area contributed by atoms with Gasteiger partial charge in [-0.15, -0.1) is 0 Å². The first-order valence-corrected chi connectivity index (χ1v) is 10.3. The largest absolute Gasteiger partial charge is 0.497 e. The van der Waals surface area contributed by atoms with E-state index in [0.717, 1.165) is 0 Å². The third-order valence-corrected chi connectivity index (χ3v) is 5.82. The van der Waals surface area contributed by atoms with E-state index in [1.165, 1.54) is 0 Å².